The second-order valence-corrected chi connectivity index (χ2v) is 38.8. The smallest absolute Gasteiger partial charge is 0.135 e. The van der Waals surface area contributed by atoms with Crippen molar-refractivity contribution in [2.24, 2.45) is 0 Å². The molecule has 0 spiro atoms. The fourth-order valence-corrected chi connectivity index (χ4v) is 24.0. The van der Waals surface area contributed by atoms with Gasteiger partial charge in [-0.25, -0.2) is 0 Å². The summed E-state index contributed by atoms with van der Waals surface area (Å²) in [6.45, 7) is 4.32. The van der Waals surface area contributed by atoms with Gasteiger partial charge in [-0.1, -0.05) is 303 Å². The number of anilines is 18. The van der Waals surface area contributed by atoms with Crippen molar-refractivity contribution in [1.29, 1.82) is 0 Å². The number of rotatable bonds is 20. The summed E-state index contributed by atoms with van der Waals surface area (Å²) < 4.78 is 14.2. The highest BCUT2D eigenvalue weighted by Gasteiger charge is 2.29. The number of aryl methyl sites for hydroxylation is 2. The van der Waals surface area contributed by atoms with Crippen LogP contribution in [0.1, 0.15) is 11.1 Å². The fourth-order valence-electron chi connectivity index (χ4n) is 20.5. The van der Waals surface area contributed by atoms with E-state index in [9.17, 15) is 0 Å². The Morgan fingerprint density at radius 2 is 0.450 bits per heavy atom. The fraction of sp³-hybridized carbons (Fsp3) is 0.0154. The van der Waals surface area contributed by atoms with Crippen molar-refractivity contribution < 1.29 is 4.42 Å². The molecule has 7 nitrogen and oxygen atoms in total. The van der Waals surface area contributed by atoms with Gasteiger partial charge in [0.15, 0.2) is 0 Å². The van der Waals surface area contributed by atoms with Crippen molar-refractivity contribution in [2.45, 2.75) is 13.8 Å². The maximum Gasteiger partial charge on any atom is 0.135 e. The number of furan rings is 1. The topological polar surface area (TPSA) is 32.6 Å². The third-order valence-corrected chi connectivity index (χ3v) is 30.4. The first-order chi connectivity index (χ1) is 69.2. The van der Waals surface area contributed by atoms with Crippen LogP contribution in [0, 0.1) is 13.8 Å². The van der Waals surface area contributed by atoms with Gasteiger partial charge in [-0.3, -0.25) is 0 Å². The molecule has 26 rings (SSSR count). The van der Waals surface area contributed by atoms with Gasteiger partial charge in [0.25, 0.3) is 0 Å². The summed E-state index contributed by atoms with van der Waals surface area (Å²) in [5.41, 5.74) is 27.9. The molecule has 0 fully saturated rings. The molecule has 0 saturated carbocycles. The lowest BCUT2D eigenvalue weighted by Crippen LogP contribution is -2.16. The van der Waals surface area contributed by atoms with Crippen LogP contribution in [0.3, 0.4) is 0 Å². The molecule has 4 aromatic heterocycles. The average molecular weight is 1850 g/mol. The predicted octanol–water partition coefficient (Wildman–Crippen LogP) is 39.5. The van der Waals surface area contributed by atoms with E-state index in [1.807, 2.05) is 46.1 Å². The molecule has 664 valence electrons. The molecule has 4 heterocycles. The van der Waals surface area contributed by atoms with E-state index in [0.29, 0.717) is 0 Å². The lowest BCUT2D eigenvalue weighted by atomic mass is 10.0. The molecule has 0 bridgehead atoms. The molecule has 0 unspecified atom stereocenters. The highest BCUT2D eigenvalue weighted by atomic mass is 32.1. The average Bonchev–Trinajstić information content (AvgIpc) is 1.48. The lowest BCUT2D eigenvalue weighted by Gasteiger charge is -2.33. The van der Waals surface area contributed by atoms with Gasteiger partial charge in [-0.15, -0.1) is 34.0 Å². The molecule has 26 aromatic rings. The number of thiophene rings is 3. The van der Waals surface area contributed by atoms with E-state index in [4.69, 9.17) is 4.42 Å². The highest BCUT2D eigenvalue weighted by molar-refractivity contribution is 7.27. The number of para-hydroxylation sites is 5. The molecule has 0 aliphatic rings. The zero-order valence-electron chi connectivity index (χ0n) is 76.8. The molecule has 22 aromatic carbocycles. The van der Waals surface area contributed by atoms with Gasteiger partial charge in [0.1, 0.15) is 11.2 Å². The first-order valence-electron chi connectivity index (χ1n) is 47.5. The van der Waals surface area contributed by atoms with Gasteiger partial charge >= 0.3 is 0 Å². The van der Waals surface area contributed by atoms with E-state index < -0.39 is 0 Å². The van der Waals surface area contributed by atoms with Crippen LogP contribution in [-0.4, -0.2) is 0 Å². The standard InChI is InChI=1S/C68H45N3S2.C62H45N3OS/c1-3-22-49(23-4-1)70(63-32-15-20-46-18-7-9-26-56(46)63)54-42-53(43-55(44-54)71(50-24-5-2-6-25-50)64-33-16-21-47-19-8-10-27-57(47)64)69(52-40-41-67-62(45-52)60-29-12-13-34-65(60)72-67)51-38-36-48(37-39-51)58-30-17-31-61-59-28-11-14-35-66(59)73-68(58)61;1-42-16-13-22-48(36-42)63(45-18-5-3-6-19-45)51-38-52(64(46-20-7-4-8-21-46)49-23-14-17-43(2)37-49)40-53(39-51)65(50-34-35-60-58(41-50)55-24-9-11-28-59(55)66-60)47-32-30-44(31-33-47)54-26-15-27-57-56-25-10-12-29-61(56)67-62(54)57/h1-45H;3-41H,1-2H3. The van der Waals surface area contributed by atoms with Crippen molar-refractivity contribution in [3.05, 3.63) is 521 Å². The summed E-state index contributed by atoms with van der Waals surface area (Å²) >= 11 is 5.59. The summed E-state index contributed by atoms with van der Waals surface area (Å²) in [6, 6.07) is 185. The van der Waals surface area contributed by atoms with E-state index in [0.717, 1.165) is 124 Å². The van der Waals surface area contributed by atoms with Crippen molar-refractivity contribution in [3.8, 4) is 22.3 Å². The Kier molecular flexibility index (Phi) is 21.9. The minimum Gasteiger partial charge on any atom is -0.456 e. The number of hydrogen-bond acceptors (Lipinski definition) is 10. The zero-order chi connectivity index (χ0) is 93.1. The van der Waals surface area contributed by atoms with Gasteiger partial charge in [0.05, 0.1) is 45.5 Å². The van der Waals surface area contributed by atoms with Crippen molar-refractivity contribution in [1.82, 2.24) is 0 Å². The van der Waals surface area contributed by atoms with E-state index in [-0.39, 0.29) is 0 Å². The zero-order valence-corrected chi connectivity index (χ0v) is 79.3. The lowest BCUT2D eigenvalue weighted by molar-refractivity contribution is 0.669. The van der Waals surface area contributed by atoms with Gasteiger partial charge in [-0.2, -0.15) is 0 Å². The number of fused-ring (bicyclic) bond motifs is 14. The summed E-state index contributed by atoms with van der Waals surface area (Å²) in [5, 5.41) is 14.6. The molecule has 10 heteroatoms. The second kappa shape index (κ2) is 36.4. The predicted molar refractivity (Wildman–Crippen MR) is 602 cm³/mol. The summed E-state index contributed by atoms with van der Waals surface area (Å²) in [5.74, 6) is 0. The van der Waals surface area contributed by atoms with Crippen LogP contribution >= 0.6 is 34.0 Å². The van der Waals surface area contributed by atoms with Crippen molar-refractivity contribution >= 4 is 240 Å². The van der Waals surface area contributed by atoms with E-state index in [1.165, 1.54) is 115 Å². The Labute approximate surface area is 824 Å². The third-order valence-electron chi connectivity index (χ3n) is 26.8. The van der Waals surface area contributed by atoms with Crippen LogP contribution in [0.4, 0.5) is 102 Å². The Bertz CT molecular complexity index is 8890. The van der Waals surface area contributed by atoms with E-state index in [2.05, 4.69) is 541 Å². The maximum atomic E-state index is 6.41. The van der Waals surface area contributed by atoms with Gasteiger partial charge < -0.3 is 33.8 Å². The first kappa shape index (κ1) is 84.4. The Balaban J connectivity index is 0.000000148. The summed E-state index contributed by atoms with van der Waals surface area (Å²) in [6.07, 6.45) is 0. The Morgan fingerprint density at radius 3 is 0.886 bits per heavy atom. The molecule has 0 atom stereocenters. The van der Waals surface area contributed by atoms with Crippen LogP contribution in [0.2, 0.25) is 0 Å². The SMILES string of the molecule is Cc1cccc(N(c2ccccc2)c2cc(N(c3ccccc3)c3cccc(C)c3)cc(N(c3ccc(-c4cccc5c4sc4ccccc45)cc3)c3ccc4oc5ccccc5c4c3)c2)c1.c1ccc(N(c2cc(N(c3ccc(-c4cccc5c4sc4ccccc45)cc3)c3ccc4sc5ccccc5c4c3)cc(N(c3ccccc3)c3cccc4ccccc34)c2)c2cccc3ccccc23)cc1. The van der Waals surface area contributed by atoms with Crippen LogP contribution < -0.4 is 29.4 Å². The molecule has 0 aliphatic carbocycles. The number of nitrogens with zero attached hydrogens (tertiary/aromatic N) is 6. The summed E-state index contributed by atoms with van der Waals surface area (Å²) in [7, 11) is 0. The largest absolute Gasteiger partial charge is 0.456 e. The first-order valence-corrected chi connectivity index (χ1v) is 49.9. The molecule has 0 saturated heterocycles. The number of hydrogen-bond donors (Lipinski definition) is 0. The normalized spacial score (nSPS) is 11.5. The van der Waals surface area contributed by atoms with Crippen LogP contribution in [0.15, 0.2) is 514 Å². The molecular formula is C130H90N6OS3. The summed E-state index contributed by atoms with van der Waals surface area (Å²) in [4.78, 5) is 14.5. The maximum absolute atomic E-state index is 6.41. The van der Waals surface area contributed by atoms with E-state index >= 15 is 0 Å². The highest BCUT2D eigenvalue weighted by Crippen LogP contribution is 2.54. The minimum absolute atomic E-state index is 0.857. The quantitative estimate of drug-likeness (QED) is 0.0752. The van der Waals surface area contributed by atoms with Crippen LogP contribution in [-0.2, 0) is 0 Å². The van der Waals surface area contributed by atoms with Crippen LogP contribution in [0.25, 0.3) is 126 Å². The van der Waals surface area contributed by atoms with Gasteiger partial charge in [-0.05, 0) is 264 Å². The molecule has 0 radical (unpaired) electrons. The molecule has 0 aliphatic heterocycles. The molecule has 0 amide bonds. The van der Waals surface area contributed by atoms with Crippen molar-refractivity contribution in [3.63, 3.8) is 0 Å². The molecule has 0 N–H and O–H groups in total. The van der Waals surface area contributed by atoms with Crippen molar-refractivity contribution in [2.75, 3.05) is 29.4 Å². The Hall–Kier alpha value is -17.4. The molecule has 140 heavy (non-hydrogen) atoms. The minimum atomic E-state index is 0.857. The monoisotopic (exact) mass is 1850 g/mol. The van der Waals surface area contributed by atoms with Gasteiger partial charge in [0, 0.05) is 139 Å². The number of benzene rings is 22. The second-order valence-electron chi connectivity index (χ2n) is 35.7. The van der Waals surface area contributed by atoms with Crippen LogP contribution in [0.5, 0.6) is 0 Å². The third kappa shape index (κ3) is 15.8. The van der Waals surface area contributed by atoms with E-state index in [1.54, 1.807) is 0 Å². The molecular weight excluding hydrogens is 1760 g/mol. The Morgan fingerprint density at radius 1 is 0.164 bits per heavy atom. The van der Waals surface area contributed by atoms with Gasteiger partial charge in [0.2, 0.25) is 0 Å².